The van der Waals surface area contributed by atoms with Crippen molar-refractivity contribution in [2.24, 2.45) is 5.92 Å². The van der Waals surface area contributed by atoms with Crippen LogP contribution in [0.1, 0.15) is 50.6 Å². The molecule has 0 unspecified atom stereocenters. The number of hydrogen-bond donors (Lipinski definition) is 1. The smallest absolute Gasteiger partial charge is 0.318 e. The van der Waals surface area contributed by atoms with E-state index in [-0.39, 0.29) is 48.9 Å². The third kappa shape index (κ3) is 6.69. The van der Waals surface area contributed by atoms with Gasteiger partial charge in [0.05, 0.1) is 6.04 Å². The highest BCUT2D eigenvalue weighted by Crippen LogP contribution is 2.34. The van der Waals surface area contributed by atoms with Crippen molar-refractivity contribution in [3.05, 3.63) is 52.0 Å². The lowest BCUT2D eigenvalue weighted by atomic mass is 10.00. The highest BCUT2D eigenvalue weighted by Gasteiger charge is 2.33. The van der Waals surface area contributed by atoms with Crippen LogP contribution in [0.15, 0.2) is 35.7 Å². The Hall–Kier alpha value is -2.61. The highest BCUT2D eigenvalue weighted by molar-refractivity contribution is 7.10. The first kappa shape index (κ1) is 25.0. The predicted octanol–water partition coefficient (Wildman–Crippen LogP) is 4.86. The number of rotatable bonds is 9. The Morgan fingerprint density at radius 2 is 1.97 bits per heavy atom. The van der Waals surface area contributed by atoms with Crippen molar-refractivity contribution in [3.63, 3.8) is 0 Å². The zero-order chi connectivity index (χ0) is 24.0. The monoisotopic (exact) mass is 475 g/mol. The van der Waals surface area contributed by atoms with Gasteiger partial charge in [-0.2, -0.15) is 0 Å². The largest absolute Gasteiger partial charge is 0.491 e. The fourth-order valence-electron chi connectivity index (χ4n) is 3.90. The minimum absolute atomic E-state index is 0.00718. The van der Waals surface area contributed by atoms with E-state index in [1.807, 2.05) is 30.2 Å². The number of nitrogens with one attached hydrogen (secondary N) is 1. The first-order valence-corrected chi connectivity index (χ1v) is 12.5. The van der Waals surface area contributed by atoms with Gasteiger partial charge in [0, 0.05) is 24.0 Å². The molecule has 33 heavy (non-hydrogen) atoms. The summed E-state index contributed by atoms with van der Waals surface area (Å²) < 4.78 is 19.2. The summed E-state index contributed by atoms with van der Waals surface area (Å²) in [5.74, 6) is 0.429. The normalized spacial score (nSPS) is 16.3. The topological polar surface area (TPSA) is 61.9 Å². The maximum absolute atomic E-state index is 13.5. The Bertz CT molecular complexity index is 931. The number of halogens is 1. The first-order chi connectivity index (χ1) is 15.8. The van der Waals surface area contributed by atoms with Crippen molar-refractivity contribution in [1.82, 2.24) is 15.1 Å². The molecule has 1 aliphatic heterocycles. The van der Waals surface area contributed by atoms with E-state index in [9.17, 15) is 14.0 Å². The molecule has 3 amide bonds. The number of carbonyl (C=O) groups is 2. The van der Waals surface area contributed by atoms with Gasteiger partial charge >= 0.3 is 6.03 Å². The zero-order valence-electron chi connectivity index (χ0n) is 19.8. The lowest BCUT2D eigenvalue weighted by molar-refractivity contribution is -0.135. The van der Waals surface area contributed by atoms with Crippen LogP contribution in [0, 0.1) is 11.7 Å². The van der Waals surface area contributed by atoms with Gasteiger partial charge in [0.1, 0.15) is 24.7 Å². The summed E-state index contributed by atoms with van der Waals surface area (Å²) in [6.45, 7) is 9.37. The van der Waals surface area contributed by atoms with Gasteiger partial charge in [-0.3, -0.25) is 4.79 Å². The number of carbonyl (C=O) groups excluding carboxylic acids is 2. The van der Waals surface area contributed by atoms with Crippen LogP contribution in [-0.4, -0.2) is 54.0 Å². The summed E-state index contributed by atoms with van der Waals surface area (Å²) in [5, 5.41) is 4.95. The Labute approximate surface area is 199 Å². The van der Waals surface area contributed by atoms with Crippen molar-refractivity contribution in [2.75, 3.05) is 26.2 Å². The van der Waals surface area contributed by atoms with Gasteiger partial charge in [0.25, 0.3) is 0 Å². The molecule has 0 aliphatic carbocycles. The van der Waals surface area contributed by atoms with Crippen molar-refractivity contribution in [3.8, 4) is 5.75 Å². The van der Waals surface area contributed by atoms with E-state index in [4.69, 9.17) is 4.74 Å². The fraction of sp³-hybridized carbons (Fsp3) is 0.520. The number of urea groups is 1. The van der Waals surface area contributed by atoms with E-state index in [1.165, 1.54) is 17.0 Å². The summed E-state index contributed by atoms with van der Waals surface area (Å²) >= 11 is 1.69. The molecular formula is C25H34FN3O3S. The molecule has 1 aromatic heterocycles. The van der Waals surface area contributed by atoms with E-state index in [0.717, 1.165) is 18.4 Å². The molecule has 2 atom stereocenters. The van der Waals surface area contributed by atoms with E-state index < -0.39 is 0 Å². The van der Waals surface area contributed by atoms with E-state index in [0.29, 0.717) is 18.8 Å². The van der Waals surface area contributed by atoms with Gasteiger partial charge in [-0.05, 0) is 67.5 Å². The molecule has 1 N–H and O–H groups in total. The average molecular weight is 476 g/mol. The van der Waals surface area contributed by atoms with E-state index in [2.05, 4.69) is 19.2 Å². The standard InChI is InChI=1S/C25H34FN3O3S/c1-5-18(4)14-28(25(31)27-17(2)3)15-24(30)29-12-10-23-21(11-13-33-23)22(29)16-32-20-8-6-19(26)7-9-20/h6-9,11,13,17-18,22H,5,10,12,14-16H2,1-4H3,(H,27,31)/t18-,22-/m1/s1. The molecule has 0 spiro atoms. The molecule has 0 fully saturated rings. The molecule has 0 saturated carbocycles. The fourth-order valence-corrected chi connectivity index (χ4v) is 4.83. The van der Waals surface area contributed by atoms with Crippen LogP contribution in [0.2, 0.25) is 0 Å². The maximum atomic E-state index is 13.5. The molecule has 0 bridgehead atoms. The van der Waals surface area contributed by atoms with Gasteiger partial charge in [0.15, 0.2) is 0 Å². The molecular weight excluding hydrogens is 441 g/mol. The summed E-state index contributed by atoms with van der Waals surface area (Å²) in [5.41, 5.74) is 1.09. The average Bonchev–Trinajstić information content (AvgIpc) is 3.26. The Kier molecular flexibility index (Phi) is 8.72. The summed E-state index contributed by atoms with van der Waals surface area (Å²) in [4.78, 5) is 31.0. The number of ether oxygens (including phenoxy) is 1. The number of thiophene rings is 1. The Balaban J connectivity index is 1.76. The van der Waals surface area contributed by atoms with Crippen LogP contribution in [-0.2, 0) is 11.2 Å². The molecule has 6 nitrogen and oxygen atoms in total. The van der Waals surface area contributed by atoms with Crippen LogP contribution in [0.3, 0.4) is 0 Å². The Morgan fingerprint density at radius 1 is 1.24 bits per heavy atom. The summed E-state index contributed by atoms with van der Waals surface area (Å²) in [6.07, 6.45) is 1.71. The Morgan fingerprint density at radius 3 is 2.64 bits per heavy atom. The van der Waals surface area contributed by atoms with Gasteiger partial charge in [-0.25, -0.2) is 9.18 Å². The number of hydrogen-bond acceptors (Lipinski definition) is 4. The van der Waals surface area contributed by atoms with Crippen LogP contribution >= 0.6 is 11.3 Å². The van der Waals surface area contributed by atoms with Crippen molar-refractivity contribution in [1.29, 1.82) is 0 Å². The zero-order valence-corrected chi connectivity index (χ0v) is 20.7. The van der Waals surface area contributed by atoms with E-state index >= 15 is 0 Å². The third-order valence-electron chi connectivity index (χ3n) is 5.89. The molecule has 8 heteroatoms. The summed E-state index contributed by atoms with van der Waals surface area (Å²) in [6, 6.07) is 7.45. The summed E-state index contributed by atoms with van der Waals surface area (Å²) in [7, 11) is 0. The second-order valence-corrected chi connectivity index (χ2v) is 9.92. The van der Waals surface area contributed by atoms with E-state index in [1.54, 1.807) is 28.4 Å². The number of fused-ring (bicyclic) bond motifs is 1. The SMILES string of the molecule is CC[C@@H](C)CN(CC(=O)N1CCc2sccc2[C@H]1COc1ccc(F)cc1)C(=O)NC(C)C. The third-order valence-corrected chi connectivity index (χ3v) is 6.89. The predicted molar refractivity (Wildman–Crippen MR) is 129 cm³/mol. The lowest BCUT2D eigenvalue weighted by Crippen LogP contribution is -2.51. The molecule has 1 aromatic carbocycles. The minimum atomic E-state index is -0.321. The molecule has 180 valence electrons. The lowest BCUT2D eigenvalue weighted by Gasteiger charge is -2.37. The molecule has 0 radical (unpaired) electrons. The highest BCUT2D eigenvalue weighted by atomic mass is 32.1. The van der Waals surface area contributed by atoms with Gasteiger partial charge in [-0.1, -0.05) is 20.3 Å². The first-order valence-electron chi connectivity index (χ1n) is 11.6. The van der Waals surface area contributed by atoms with Gasteiger partial charge < -0.3 is 19.9 Å². The van der Waals surface area contributed by atoms with Crippen molar-refractivity contribution >= 4 is 23.3 Å². The second kappa shape index (κ2) is 11.5. The van der Waals surface area contributed by atoms with Crippen LogP contribution in [0.4, 0.5) is 9.18 Å². The molecule has 3 rings (SSSR count). The minimum Gasteiger partial charge on any atom is -0.491 e. The van der Waals surface area contributed by atoms with Crippen molar-refractivity contribution < 1.29 is 18.7 Å². The molecule has 2 heterocycles. The van der Waals surface area contributed by atoms with Crippen LogP contribution < -0.4 is 10.1 Å². The molecule has 0 saturated heterocycles. The van der Waals surface area contributed by atoms with Gasteiger partial charge in [-0.15, -0.1) is 11.3 Å². The number of benzene rings is 1. The second-order valence-electron chi connectivity index (χ2n) is 8.92. The maximum Gasteiger partial charge on any atom is 0.318 e. The molecule has 1 aliphatic rings. The molecule has 2 aromatic rings. The van der Waals surface area contributed by atoms with Crippen molar-refractivity contribution in [2.45, 2.75) is 52.6 Å². The van der Waals surface area contributed by atoms with Gasteiger partial charge in [0.2, 0.25) is 5.91 Å². The number of nitrogens with zero attached hydrogens (tertiary/aromatic N) is 2. The van der Waals surface area contributed by atoms with Crippen LogP contribution in [0.25, 0.3) is 0 Å². The quantitative estimate of drug-likeness (QED) is 0.564. The number of amides is 3. The van der Waals surface area contributed by atoms with Crippen LogP contribution in [0.5, 0.6) is 5.75 Å².